The van der Waals surface area contributed by atoms with Crippen molar-refractivity contribution >= 4 is 17.7 Å². The van der Waals surface area contributed by atoms with Gasteiger partial charge in [-0.1, -0.05) is 30.3 Å². The second-order valence-corrected chi connectivity index (χ2v) is 7.88. The van der Waals surface area contributed by atoms with Crippen molar-refractivity contribution in [3.8, 4) is 0 Å². The van der Waals surface area contributed by atoms with Crippen molar-refractivity contribution in [1.82, 2.24) is 10.2 Å². The van der Waals surface area contributed by atoms with E-state index in [0.29, 0.717) is 19.0 Å². The minimum Gasteiger partial charge on any atom is -0.378 e. The molecule has 0 bridgehead atoms. The Morgan fingerprint density at radius 2 is 1.75 bits per heavy atom. The third-order valence-corrected chi connectivity index (χ3v) is 5.74. The summed E-state index contributed by atoms with van der Waals surface area (Å²) in [4.78, 5) is 38.9. The second kappa shape index (κ2) is 9.86. The molecule has 3 rings (SSSR count). The summed E-state index contributed by atoms with van der Waals surface area (Å²) in [6.07, 6.45) is -1.25. The average Bonchev–Trinajstić information content (AvgIpc) is 2.95. The van der Waals surface area contributed by atoms with Gasteiger partial charge in [0.2, 0.25) is 11.8 Å². The van der Waals surface area contributed by atoms with E-state index in [4.69, 9.17) is 5.73 Å². The Labute approximate surface area is 184 Å². The lowest BCUT2D eigenvalue weighted by Crippen LogP contribution is -2.57. The number of aliphatic hydroxyl groups excluding tert-OH is 1. The molecule has 0 radical (unpaired) electrons. The van der Waals surface area contributed by atoms with Crippen molar-refractivity contribution in [2.45, 2.75) is 43.9 Å². The van der Waals surface area contributed by atoms with Crippen LogP contribution in [0.15, 0.2) is 48.5 Å². The quantitative estimate of drug-likeness (QED) is 0.629. The Bertz CT molecular complexity index is 982. The van der Waals surface area contributed by atoms with Gasteiger partial charge in [-0.25, -0.2) is 8.78 Å². The highest BCUT2D eigenvalue weighted by atomic mass is 19.1. The third-order valence-electron chi connectivity index (χ3n) is 5.74. The van der Waals surface area contributed by atoms with Crippen molar-refractivity contribution in [2.75, 3.05) is 6.54 Å². The standard InChI is InChI=1S/C23H25F2N3O4/c1-13(21(26)30)28(23(32)20(29)16-9-17(24)11-18(25)10-16)19-8-7-15(12-27-22(19)31)14-5-3-2-4-6-14/h2-6,9-11,13,15,19-20,29H,7-8,12H2,1H3,(H2,26,30)(H,27,31)/t13-,15+,19-,20-/m0/s1. The number of nitrogens with two attached hydrogens (primary N) is 1. The summed E-state index contributed by atoms with van der Waals surface area (Å²) in [6, 6.07) is 9.45. The first-order valence-electron chi connectivity index (χ1n) is 10.3. The minimum absolute atomic E-state index is 0.00627. The number of benzene rings is 2. The molecule has 1 aliphatic rings. The molecule has 7 nitrogen and oxygen atoms in total. The lowest BCUT2D eigenvalue weighted by atomic mass is 9.93. The van der Waals surface area contributed by atoms with Gasteiger partial charge in [0.25, 0.3) is 5.91 Å². The highest BCUT2D eigenvalue weighted by Gasteiger charge is 2.40. The molecule has 0 unspecified atom stereocenters. The molecule has 4 N–H and O–H groups in total. The van der Waals surface area contributed by atoms with Crippen LogP contribution in [0.5, 0.6) is 0 Å². The molecule has 1 fully saturated rings. The lowest BCUT2D eigenvalue weighted by Gasteiger charge is -2.35. The Balaban J connectivity index is 1.89. The SMILES string of the molecule is C[C@@H](C(N)=O)N(C(=O)[C@@H](O)c1cc(F)cc(F)c1)[C@H]1CC[C@@H](c2ccccc2)CNC1=O. The number of rotatable bonds is 6. The summed E-state index contributed by atoms with van der Waals surface area (Å²) < 4.78 is 27.2. The van der Waals surface area contributed by atoms with E-state index in [2.05, 4.69) is 5.32 Å². The molecule has 3 amide bonds. The molecule has 170 valence electrons. The fourth-order valence-electron chi connectivity index (χ4n) is 3.98. The molecule has 1 heterocycles. The molecule has 2 aromatic rings. The summed E-state index contributed by atoms with van der Waals surface area (Å²) in [6.45, 7) is 1.68. The fourth-order valence-corrected chi connectivity index (χ4v) is 3.98. The summed E-state index contributed by atoms with van der Waals surface area (Å²) in [5.41, 5.74) is 6.09. The lowest BCUT2D eigenvalue weighted by molar-refractivity contribution is -0.153. The van der Waals surface area contributed by atoms with Crippen LogP contribution in [-0.4, -0.2) is 46.4 Å². The van der Waals surface area contributed by atoms with Gasteiger partial charge in [0.05, 0.1) is 0 Å². The van der Waals surface area contributed by atoms with E-state index in [-0.39, 0.29) is 17.9 Å². The van der Waals surface area contributed by atoms with E-state index in [9.17, 15) is 28.3 Å². The number of hydrogen-bond donors (Lipinski definition) is 3. The van der Waals surface area contributed by atoms with Crippen LogP contribution in [0.25, 0.3) is 0 Å². The van der Waals surface area contributed by atoms with Gasteiger partial charge in [-0.05, 0) is 43.0 Å². The molecule has 4 atom stereocenters. The molecule has 0 saturated carbocycles. The highest BCUT2D eigenvalue weighted by molar-refractivity contribution is 5.94. The van der Waals surface area contributed by atoms with Gasteiger partial charge in [0.1, 0.15) is 23.7 Å². The molecule has 1 aliphatic heterocycles. The molecule has 2 aromatic carbocycles. The summed E-state index contributed by atoms with van der Waals surface area (Å²) in [7, 11) is 0. The zero-order chi connectivity index (χ0) is 23.4. The van der Waals surface area contributed by atoms with E-state index in [1.807, 2.05) is 30.3 Å². The molecule has 0 aromatic heterocycles. The number of carbonyl (C=O) groups is 3. The molecule has 32 heavy (non-hydrogen) atoms. The molecule has 0 aliphatic carbocycles. The van der Waals surface area contributed by atoms with Crippen LogP contribution < -0.4 is 11.1 Å². The zero-order valence-corrected chi connectivity index (χ0v) is 17.5. The largest absolute Gasteiger partial charge is 0.378 e. The number of nitrogens with one attached hydrogen (secondary N) is 1. The maximum absolute atomic E-state index is 13.6. The van der Waals surface area contributed by atoms with E-state index < -0.39 is 47.5 Å². The molecule has 9 heteroatoms. The van der Waals surface area contributed by atoms with Crippen molar-refractivity contribution in [3.05, 3.63) is 71.3 Å². The number of aliphatic hydroxyl groups is 1. The first kappa shape index (κ1) is 23.3. The van der Waals surface area contributed by atoms with Crippen LogP contribution in [0, 0.1) is 11.6 Å². The van der Waals surface area contributed by atoms with Gasteiger partial charge in [-0.15, -0.1) is 0 Å². The third kappa shape index (κ3) is 5.11. The van der Waals surface area contributed by atoms with Crippen LogP contribution in [-0.2, 0) is 14.4 Å². The number of hydrogen-bond acceptors (Lipinski definition) is 4. The summed E-state index contributed by atoms with van der Waals surface area (Å²) >= 11 is 0. The number of amides is 3. The molecule has 0 spiro atoms. The predicted octanol–water partition coefficient (Wildman–Crippen LogP) is 1.76. The van der Waals surface area contributed by atoms with E-state index in [1.54, 1.807) is 0 Å². The van der Waals surface area contributed by atoms with Crippen LogP contribution in [0.3, 0.4) is 0 Å². The van der Waals surface area contributed by atoms with E-state index >= 15 is 0 Å². The maximum atomic E-state index is 13.6. The Morgan fingerprint density at radius 3 is 2.34 bits per heavy atom. The van der Waals surface area contributed by atoms with Crippen LogP contribution in [0.2, 0.25) is 0 Å². The zero-order valence-electron chi connectivity index (χ0n) is 17.5. The van der Waals surface area contributed by atoms with Gasteiger partial charge in [-0.2, -0.15) is 0 Å². The Kier molecular flexibility index (Phi) is 7.19. The van der Waals surface area contributed by atoms with Gasteiger partial charge >= 0.3 is 0 Å². The van der Waals surface area contributed by atoms with Crippen LogP contribution in [0.4, 0.5) is 8.78 Å². The Hall–Kier alpha value is -3.33. The van der Waals surface area contributed by atoms with Gasteiger partial charge in [0.15, 0.2) is 6.10 Å². The number of nitrogens with zero attached hydrogens (tertiary/aromatic N) is 1. The van der Waals surface area contributed by atoms with Crippen molar-refractivity contribution in [3.63, 3.8) is 0 Å². The fraction of sp³-hybridized carbons (Fsp3) is 0.348. The van der Waals surface area contributed by atoms with Gasteiger partial charge in [0, 0.05) is 18.5 Å². The second-order valence-electron chi connectivity index (χ2n) is 7.88. The Morgan fingerprint density at radius 1 is 1.12 bits per heavy atom. The first-order valence-corrected chi connectivity index (χ1v) is 10.3. The van der Waals surface area contributed by atoms with Crippen LogP contribution in [0.1, 0.15) is 42.9 Å². The first-order chi connectivity index (χ1) is 15.2. The molecule has 1 saturated heterocycles. The van der Waals surface area contributed by atoms with Crippen molar-refractivity contribution in [1.29, 1.82) is 0 Å². The van der Waals surface area contributed by atoms with E-state index in [0.717, 1.165) is 22.6 Å². The van der Waals surface area contributed by atoms with Crippen LogP contribution >= 0.6 is 0 Å². The molecular weight excluding hydrogens is 420 g/mol. The van der Waals surface area contributed by atoms with Gasteiger partial charge in [-0.3, -0.25) is 14.4 Å². The van der Waals surface area contributed by atoms with Crippen molar-refractivity contribution in [2.24, 2.45) is 5.73 Å². The number of primary amides is 1. The smallest absolute Gasteiger partial charge is 0.257 e. The highest BCUT2D eigenvalue weighted by Crippen LogP contribution is 2.28. The summed E-state index contributed by atoms with van der Waals surface area (Å²) in [5, 5.41) is 13.3. The van der Waals surface area contributed by atoms with Gasteiger partial charge < -0.3 is 21.1 Å². The summed E-state index contributed by atoms with van der Waals surface area (Å²) in [5.74, 6) is -4.37. The number of carbonyl (C=O) groups excluding carboxylic acids is 3. The number of halogens is 2. The van der Waals surface area contributed by atoms with Crippen molar-refractivity contribution < 1.29 is 28.3 Å². The maximum Gasteiger partial charge on any atom is 0.257 e. The molecular formula is C23H25F2N3O4. The minimum atomic E-state index is -1.98. The van der Waals surface area contributed by atoms with E-state index in [1.165, 1.54) is 6.92 Å². The predicted molar refractivity (Wildman–Crippen MR) is 112 cm³/mol. The monoisotopic (exact) mass is 445 g/mol. The topological polar surface area (TPSA) is 113 Å². The normalized spacial score (nSPS) is 20.6. The average molecular weight is 445 g/mol.